The lowest BCUT2D eigenvalue weighted by atomic mass is 10.3. The van der Waals surface area contributed by atoms with E-state index in [-0.39, 0.29) is 0 Å². The number of aromatic nitrogens is 6. The van der Waals surface area contributed by atoms with Gasteiger partial charge < -0.3 is 4.98 Å². The van der Waals surface area contributed by atoms with Crippen LogP contribution in [0.15, 0.2) is 41.7 Å². The molecule has 0 atom stereocenters. The summed E-state index contributed by atoms with van der Waals surface area (Å²) in [7, 11) is 0. The summed E-state index contributed by atoms with van der Waals surface area (Å²) in [6.45, 7) is 0. The van der Waals surface area contributed by atoms with Crippen molar-refractivity contribution in [1.29, 1.82) is 0 Å². The molecule has 0 amide bonds. The molecule has 2 N–H and O–H groups in total. The maximum absolute atomic E-state index is 4.43. The Hall–Kier alpha value is -2.41. The van der Waals surface area contributed by atoms with Crippen molar-refractivity contribution in [3.8, 4) is 5.69 Å². The predicted octanol–water partition coefficient (Wildman–Crippen LogP) is 1.83. The number of nitrogens with one attached hydrogen (secondary N) is 2. The van der Waals surface area contributed by atoms with Crippen LogP contribution in [0, 0.1) is 0 Å². The van der Waals surface area contributed by atoms with E-state index in [1.54, 1.807) is 18.0 Å². The molecule has 20 heavy (non-hydrogen) atoms. The number of pyridine rings is 1. The summed E-state index contributed by atoms with van der Waals surface area (Å²) in [6, 6.07) is 9.90. The molecule has 4 rings (SSSR count). The summed E-state index contributed by atoms with van der Waals surface area (Å²) < 4.78 is 1.93. The maximum Gasteiger partial charge on any atom is 0.249 e. The molecular weight excluding hydrogens is 272 g/mol. The molecule has 0 saturated carbocycles. The Morgan fingerprint density at radius 1 is 1.20 bits per heavy atom. The smallest absolute Gasteiger partial charge is 0.249 e. The molecule has 0 spiro atoms. The summed E-state index contributed by atoms with van der Waals surface area (Å²) in [5, 5.41) is 8.19. The minimum atomic E-state index is 0.707. The number of H-pyrrole nitrogens is 2. The second-order valence-electron chi connectivity index (χ2n) is 4.31. The van der Waals surface area contributed by atoms with E-state index in [1.165, 1.54) is 0 Å². The maximum atomic E-state index is 4.43. The van der Waals surface area contributed by atoms with Crippen molar-refractivity contribution in [2.75, 3.05) is 6.26 Å². The molecule has 1 aromatic carbocycles. The van der Waals surface area contributed by atoms with Crippen molar-refractivity contribution < 1.29 is 4.68 Å². The van der Waals surface area contributed by atoms with Gasteiger partial charge in [-0.15, -0.1) is 4.68 Å². The van der Waals surface area contributed by atoms with Gasteiger partial charge in [-0.25, -0.2) is 9.97 Å². The number of benzene rings is 1. The van der Waals surface area contributed by atoms with Gasteiger partial charge in [-0.1, -0.05) is 29.1 Å². The molecule has 0 saturated heterocycles. The van der Waals surface area contributed by atoms with Crippen molar-refractivity contribution >= 4 is 34.0 Å². The Balaban J connectivity index is 2.04. The van der Waals surface area contributed by atoms with E-state index < -0.39 is 0 Å². The van der Waals surface area contributed by atoms with E-state index in [4.69, 9.17) is 0 Å². The van der Waals surface area contributed by atoms with E-state index in [0.29, 0.717) is 5.65 Å². The Bertz CT molecular complexity index is 909. The summed E-state index contributed by atoms with van der Waals surface area (Å²) in [4.78, 5) is 12.0. The van der Waals surface area contributed by atoms with Gasteiger partial charge in [-0.05, 0) is 18.4 Å². The van der Waals surface area contributed by atoms with E-state index in [1.807, 2.05) is 41.3 Å². The molecule has 0 aliphatic carbocycles. The van der Waals surface area contributed by atoms with Crippen LogP contribution in [0.2, 0.25) is 0 Å². The third-order valence-electron chi connectivity index (χ3n) is 3.18. The zero-order valence-corrected chi connectivity index (χ0v) is 11.5. The van der Waals surface area contributed by atoms with Crippen molar-refractivity contribution in [2.24, 2.45) is 0 Å². The molecule has 0 radical (unpaired) electrons. The standard InChI is InChI=1S/C13H10N6S/c1-20-13-15-11-10(6-7-14-12(11)16-13)19-9-5-3-2-4-8(9)17-18-19/h2-7H,1H3,(H,14,15,16)/p+1. The molecule has 98 valence electrons. The number of para-hydroxylation sites is 2. The number of hydrogen-bond donors (Lipinski definition) is 2. The lowest BCUT2D eigenvalue weighted by molar-refractivity contribution is -0.633. The normalized spacial score (nSPS) is 11.4. The molecule has 4 aromatic rings. The van der Waals surface area contributed by atoms with Crippen LogP contribution in [0.25, 0.3) is 27.9 Å². The fourth-order valence-electron chi connectivity index (χ4n) is 2.25. The molecule has 0 bridgehead atoms. The quantitative estimate of drug-likeness (QED) is 0.435. The summed E-state index contributed by atoms with van der Waals surface area (Å²) in [5.41, 5.74) is 4.49. The highest BCUT2D eigenvalue weighted by Crippen LogP contribution is 2.19. The minimum Gasteiger partial charge on any atom is -0.328 e. The number of fused-ring (bicyclic) bond motifs is 2. The van der Waals surface area contributed by atoms with Gasteiger partial charge >= 0.3 is 0 Å². The molecule has 0 unspecified atom stereocenters. The summed E-state index contributed by atoms with van der Waals surface area (Å²) in [5.74, 6) is 0. The van der Waals surface area contributed by atoms with Gasteiger partial charge in [0.15, 0.2) is 16.5 Å². The zero-order chi connectivity index (χ0) is 13.5. The summed E-state index contributed by atoms with van der Waals surface area (Å²) in [6.07, 6.45) is 3.74. The lowest BCUT2D eigenvalue weighted by Crippen LogP contribution is -2.33. The van der Waals surface area contributed by atoms with Crippen molar-refractivity contribution in [3.63, 3.8) is 0 Å². The van der Waals surface area contributed by atoms with Gasteiger partial charge in [0, 0.05) is 17.4 Å². The third-order valence-corrected chi connectivity index (χ3v) is 3.76. The summed E-state index contributed by atoms with van der Waals surface area (Å²) >= 11 is 1.56. The van der Waals surface area contributed by atoms with Crippen molar-refractivity contribution in [2.45, 2.75) is 5.16 Å². The average molecular weight is 283 g/mol. The number of aromatic amines is 2. The van der Waals surface area contributed by atoms with Crippen LogP contribution < -0.4 is 4.68 Å². The monoisotopic (exact) mass is 283 g/mol. The first kappa shape index (κ1) is 11.4. The van der Waals surface area contributed by atoms with Gasteiger partial charge in [0.25, 0.3) is 0 Å². The second-order valence-corrected chi connectivity index (χ2v) is 5.11. The van der Waals surface area contributed by atoms with E-state index >= 15 is 0 Å². The van der Waals surface area contributed by atoms with E-state index in [2.05, 4.69) is 25.3 Å². The van der Waals surface area contributed by atoms with Gasteiger partial charge in [0.1, 0.15) is 5.52 Å². The molecular formula is C13H11N6S+. The first-order valence-corrected chi connectivity index (χ1v) is 7.33. The number of thioether (sulfide) groups is 1. The minimum absolute atomic E-state index is 0.707. The van der Waals surface area contributed by atoms with Gasteiger partial charge in [-0.3, -0.25) is 0 Å². The first-order valence-electron chi connectivity index (χ1n) is 6.11. The number of hydrogen-bond acceptors (Lipinski definition) is 4. The fraction of sp³-hybridized carbons (Fsp3) is 0.0769. The molecule has 0 fully saturated rings. The number of imidazole rings is 1. The highest BCUT2D eigenvalue weighted by atomic mass is 32.2. The molecule has 6 nitrogen and oxygen atoms in total. The third kappa shape index (κ3) is 1.60. The van der Waals surface area contributed by atoms with Crippen LogP contribution >= 0.6 is 11.8 Å². The molecule has 7 heteroatoms. The van der Waals surface area contributed by atoms with Crippen molar-refractivity contribution in [3.05, 3.63) is 36.5 Å². The number of rotatable bonds is 2. The van der Waals surface area contributed by atoms with Gasteiger partial charge in [0.05, 0.1) is 0 Å². The zero-order valence-electron chi connectivity index (χ0n) is 10.7. The Labute approximate surface area is 118 Å². The predicted molar refractivity (Wildman–Crippen MR) is 76.9 cm³/mol. The molecule has 0 aliphatic heterocycles. The van der Waals surface area contributed by atoms with Crippen LogP contribution in [0.5, 0.6) is 0 Å². The first-order chi connectivity index (χ1) is 9.86. The lowest BCUT2D eigenvalue weighted by Gasteiger charge is -1.96. The topological polar surface area (TPSA) is 74.1 Å². The van der Waals surface area contributed by atoms with Crippen LogP contribution in [-0.4, -0.2) is 31.5 Å². The SMILES string of the molecule is CSc1nc2nccc(-[n+]3[nH]nc4ccccc43)c2[nH]1. The molecule has 0 aliphatic rings. The van der Waals surface area contributed by atoms with Crippen LogP contribution in [-0.2, 0) is 0 Å². The Morgan fingerprint density at radius 2 is 2.10 bits per heavy atom. The van der Waals surface area contributed by atoms with Crippen LogP contribution in [0.4, 0.5) is 0 Å². The van der Waals surface area contributed by atoms with E-state index in [0.717, 1.165) is 27.4 Å². The van der Waals surface area contributed by atoms with Gasteiger partial charge in [-0.2, -0.15) is 0 Å². The molecule has 3 aromatic heterocycles. The van der Waals surface area contributed by atoms with Crippen molar-refractivity contribution in [1.82, 2.24) is 25.3 Å². The highest BCUT2D eigenvalue weighted by Gasteiger charge is 2.18. The molecule has 3 heterocycles. The Morgan fingerprint density at radius 3 is 3.00 bits per heavy atom. The van der Waals surface area contributed by atoms with Gasteiger partial charge in [0.2, 0.25) is 11.0 Å². The van der Waals surface area contributed by atoms with Crippen LogP contribution in [0.3, 0.4) is 0 Å². The number of nitrogens with zero attached hydrogens (tertiary/aromatic N) is 4. The fourth-order valence-corrected chi connectivity index (χ4v) is 2.63. The van der Waals surface area contributed by atoms with E-state index in [9.17, 15) is 0 Å². The average Bonchev–Trinajstić information content (AvgIpc) is 3.10. The van der Waals surface area contributed by atoms with Crippen LogP contribution in [0.1, 0.15) is 0 Å². The highest BCUT2D eigenvalue weighted by molar-refractivity contribution is 7.98. The largest absolute Gasteiger partial charge is 0.328 e. The Kier molecular flexibility index (Phi) is 2.46. The second kappa shape index (κ2) is 4.31.